The number of phenolic OH excluding ortho intramolecular Hbond substituents is 1. The van der Waals surface area contributed by atoms with Gasteiger partial charge >= 0.3 is 0 Å². The van der Waals surface area contributed by atoms with Gasteiger partial charge in [-0.25, -0.2) is 0 Å². The Morgan fingerprint density at radius 1 is 1.03 bits per heavy atom. The standard InChI is InChI=1S/C26H28N2O3/c1-4-31-24-7-5-6-21(25(24)29)23-16-22(18-12-14-20(30-3)15-13-18)27-26(28-23)19-10-8-17(2)9-11-19/h5-15,23,26,28-29H,4,16H2,1-3H3/t23-,26-/m0/s1. The number of aliphatic imine (C=N–C) groups is 1. The lowest BCUT2D eigenvalue weighted by atomic mass is 9.93. The number of nitrogens with one attached hydrogen (secondary N) is 1. The molecule has 5 nitrogen and oxygen atoms in total. The van der Waals surface area contributed by atoms with Gasteiger partial charge in [-0.1, -0.05) is 42.0 Å². The van der Waals surface area contributed by atoms with Gasteiger partial charge in [-0.05, 0) is 55.3 Å². The Morgan fingerprint density at radius 2 is 1.77 bits per heavy atom. The van der Waals surface area contributed by atoms with Gasteiger partial charge in [0.2, 0.25) is 0 Å². The van der Waals surface area contributed by atoms with Crippen molar-refractivity contribution in [2.24, 2.45) is 4.99 Å². The van der Waals surface area contributed by atoms with E-state index in [1.807, 2.05) is 43.3 Å². The number of ether oxygens (including phenoxy) is 2. The van der Waals surface area contributed by atoms with Gasteiger partial charge < -0.3 is 14.6 Å². The van der Waals surface area contributed by atoms with E-state index < -0.39 is 0 Å². The van der Waals surface area contributed by atoms with E-state index in [1.165, 1.54) is 5.56 Å². The summed E-state index contributed by atoms with van der Waals surface area (Å²) in [5, 5.41) is 14.5. The molecule has 0 bridgehead atoms. The maximum atomic E-state index is 10.9. The van der Waals surface area contributed by atoms with E-state index in [0.717, 1.165) is 28.2 Å². The Balaban J connectivity index is 1.73. The topological polar surface area (TPSA) is 63.1 Å². The van der Waals surface area contributed by atoms with Gasteiger partial charge in [0.25, 0.3) is 0 Å². The zero-order chi connectivity index (χ0) is 21.8. The second-order valence-electron chi connectivity index (χ2n) is 7.67. The zero-order valence-corrected chi connectivity index (χ0v) is 18.1. The van der Waals surface area contributed by atoms with E-state index in [1.54, 1.807) is 13.2 Å². The van der Waals surface area contributed by atoms with Gasteiger partial charge in [0, 0.05) is 23.7 Å². The van der Waals surface area contributed by atoms with Gasteiger partial charge in [-0.2, -0.15) is 0 Å². The summed E-state index contributed by atoms with van der Waals surface area (Å²) in [6.07, 6.45) is 0.435. The Bertz CT molecular complexity index is 1060. The van der Waals surface area contributed by atoms with Crippen molar-refractivity contribution in [1.29, 1.82) is 0 Å². The van der Waals surface area contributed by atoms with Crippen LogP contribution in [0.15, 0.2) is 71.7 Å². The van der Waals surface area contributed by atoms with Crippen molar-refractivity contribution in [2.45, 2.75) is 32.5 Å². The molecule has 2 N–H and O–H groups in total. The first-order chi connectivity index (χ1) is 15.1. The molecule has 0 unspecified atom stereocenters. The smallest absolute Gasteiger partial charge is 0.162 e. The number of hydrogen-bond acceptors (Lipinski definition) is 5. The van der Waals surface area contributed by atoms with Gasteiger partial charge in [-0.3, -0.25) is 10.3 Å². The third-order valence-electron chi connectivity index (χ3n) is 5.56. The van der Waals surface area contributed by atoms with Crippen molar-refractivity contribution in [2.75, 3.05) is 13.7 Å². The van der Waals surface area contributed by atoms with E-state index in [4.69, 9.17) is 14.5 Å². The average Bonchev–Trinajstić information content (AvgIpc) is 2.81. The first kappa shape index (κ1) is 20.9. The molecule has 0 radical (unpaired) electrons. The van der Waals surface area contributed by atoms with Crippen LogP contribution in [-0.2, 0) is 0 Å². The van der Waals surface area contributed by atoms with Crippen LogP contribution in [0.4, 0.5) is 0 Å². The summed E-state index contributed by atoms with van der Waals surface area (Å²) in [6, 6.07) is 21.9. The maximum Gasteiger partial charge on any atom is 0.162 e. The summed E-state index contributed by atoms with van der Waals surface area (Å²) in [5.74, 6) is 1.50. The van der Waals surface area contributed by atoms with Crippen LogP contribution in [-0.4, -0.2) is 24.5 Å². The number of para-hydroxylation sites is 1. The molecule has 0 saturated carbocycles. The van der Waals surface area contributed by atoms with Crippen molar-refractivity contribution in [3.05, 3.63) is 89.0 Å². The fourth-order valence-corrected chi connectivity index (χ4v) is 3.88. The Kier molecular flexibility index (Phi) is 6.23. The van der Waals surface area contributed by atoms with Crippen LogP contribution in [0.25, 0.3) is 0 Å². The minimum atomic E-state index is -0.216. The van der Waals surface area contributed by atoms with Gasteiger partial charge in [0.1, 0.15) is 11.9 Å². The fraction of sp³-hybridized carbons (Fsp3) is 0.269. The van der Waals surface area contributed by atoms with Crippen molar-refractivity contribution in [1.82, 2.24) is 5.32 Å². The lowest BCUT2D eigenvalue weighted by molar-refractivity contribution is 0.313. The highest BCUT2D eigenvalue weighted by atomic mass is 16.5. The molecular weight excluding hydrogens is 388 g/mol. The van der Waals surface area contributed by atoms with E-state index in [2.05, 4.69) is 36.5 Å². The third kappa shape index (κ3) is 4.57. The van der Waals surface area contributed by atoms with E-state index in [0.29, 0.717) is 18.8 Å². The molecule has 3 aromatic carbocycles. The number of hydrogen-bond donors (Lipinski definition) is 2. The van der Waals surface area contributed by atoms with E-state index in [9.17, 15) is 5.11 Å². The summed E-state index contributed by atoms with van der Waals surface area (Å²) in [6.45, 7) is 4.48. The number of nitrogens with zero attached hydrogens (tertiary/aromatic N) is 1. The minimum Gasteiger partial charge on any atom is -0.504 e. The second kappa shape index (κ2) is 9.23. The number of aromatic hydroxyl groups is 1. The predicted molar refractivity (Wildman–Crippen MR) is 123 cm³/mol. The molecule has 0 amide bonds. The first-order valence-electron chi connectivity index (χ1n) is 10.6. The molecule has 1 heterocycles. The van der Waals surface area contributed by atoms with Crippen LogP contribution in [0.1, 0.15) is 47.8 Å². The molecule has 0 spiro atoms. The van der Waals surface area contributed by atoms with Crippen LogP contribution in [0, 0.1) is 6.92 Å². The molecule has 0 fully saturated rings. The maximum absolute atomic E-state index is 10.9. The first-order valence-corrected chi connectivity index (χ1v) is 10.6. The lowest BCUT2D eigenvalue weighted by Crippen LogP contribution is -2.33. The molecule has 0 aromatic heterocycles. The highest BCUT2D eigenvalue weighted by Crippen LogP contribution is 2.39. The molecule has 2 atom stereocenters. The van der Waals surface area contributed by atoms with Crippen molar-refractivity contribution in [3.8, 4) is 17.2 Å². The molecule has 5 heteroatoms. The van der Waals surface area contributed by atoms with E-state index in [-0.39, 0.29) is 18.0 Å². The van der Waals surface area contributed by atoms with Gasteiger partial charge in [0.05, 0.1) is 13.7 Å². The number of rotatable bonds is 6. The van der Waals surface area contributed by atoms with Gasteiger partial charge in [-0.15, -0.1) is 0 Å². The van der Waals surface area contributed by atoms with Crippen LogP contribution in [0.3, 0.4) is 0 Å². The zero-order valence-electron chi connectivity index (χ0n) is 18.1. The highest BCUT2D eigenvalue weighted by molar-refractivity contribution is 6.01. The second-order valence-corrected chi connectivity index (χ2v) is 7.67. The fourth-order valence-electron chi connectivity index (χ4n) is 3.88. The number of phenols is 1. The molecule has 1 aliphatic heterocycles. The molecule has 3 aromatic rings. The summed E-state index contributed by atoms with van der Waals surface area (Å²) in [5.41, 5.74) is 5.13. The molecule has 1 aliphatic rings. The van der Waals surface area contributed by atoms with Crippen LogP contribution < -0.4 is 14.8 Å². The number of methoxy groups -OCH3 is 1. The minimum absolute atomic E-state index is 0.110. The number of aryl methyl sites for hydroxylation is 1. The summed E-state index contributed by atoms with van der Waals surface area (Å²) >= 11 is 0. The third-order valence-corrected chi connectivity index (χ3v) is 5.56. The van der Waals surface area contributed by atoms with E-state index >= 15 is 0 Å². The van der Waals surface area contributed by atoms with Crippen LogP contribution in [0.5, 0.6) is 17.2 Å². The summed E-state index contributed by atoms with van der Waals surface area (Å²) in [7, 11) is 1.66. The molecule has 160 valence electrons. The molecule has 0 aliphatic carbocycles. The van der Waals surface area contributed by atoms with Gasteiger partial charge in [0.15, 0.2) is 11.5 Å². The highest BCUT2D eigenvalue weighted by Gasteiger charge is 2.28. The quantitative estimate of drug-likeness (QED) is 0.570. The van der Waals surface area contributed by atoms with Crippen LogP contribution >= 0.6 is 0 Å². The molecule has 4 rings (SSSR count). The monoisotopic (exact) mass is 416 g/mol. The molecule has 31 heavy (non-hydrogen) atoms. The normalized spacial score (nSPS) is 18.4. The van der Waals surface area contributed by atoms with Crippen LogP contribution in [0.2, 0.25) is 0 Å². The Hall–Kier alpha value is -3.31. The Labute approximate surface area is 183 Å². The molecule has 0 saturated heterocycles. The van der Waals surface area contributed by atoms with Crippen molar-refractivity contribution < 1.29 is 14.6 Å². The largest absolute Gasteiger partial charge is 0.504 e. The van der Waals surface area contributed by atoms with Crippen molar-refractivity contribution >= 4 is 5.71 Å². The SMILES string of the molecule is CCOc1cccc([C@@H]2CC(c3ccc(OC)cc3)=N[C@H](c3ccc(C)cc3)N2)c1O. The average molecular weight is 417 g/mol. The lowest BCUT2D eigenvalue weighted by Gasteiger charge is -2.31. The Morgan fingerprint density at radius 3 is 2.45 bits per heavy atom. The predicted octanol–water partition coefficient (Wildman–Crippen LogP) is 5.33. The molecular formula is C26H28N2O3. The number of benzene rings is 3. The van der Waals surface area contributed by atoms with Crippen molar-refractivity contribution in [3.63, 3.8) is 0 Å². The summed E-state index contributed by atoms with van der Waals surface area (Å²) in [4.78, 5) is 5.02. The summed E-state index contributed by atoms with van der Waals surface area (Å²) < 4.78 is 10.9.